The standard InChI is InChI=1S/C38H55NO3/c1-25-14-17-38(20-21-39)19-18-36(5)28(32(38)26(25)2)12-13-31-34(3)22-29(42-23-27-10-8-7-9-11-27)33(41)35(4,24-40)30(34)15-16-37(31,36)6/h7-12,25-26,29-33,40-41H,13-20,22-24H2,1-6H3/t25-,26+,29-,30-,31-,32+,33+,34+,35+,36-,37-,38-/m1/s1. The minimum Gasteiger partial charge on any atom is -0.396 e. The lowest BCUT2D eigenvalue weighted by atomic mass is 9.33. The molecule has 230 valence electrons. The number of rotatable bonds is 5. The highest BCUT2D eigenvalue weighted by Crippen LogP contribution is 2.76. The molecule has 0 heterocycles. The van der Waals surface area contributed by atoms with Gasteiger partial charge in [0.05, 0.1) is 31.5 Å². The van der Waals surface area contributed by atoms with Crippen LogP contribution in [0.5, 0.6) is 0 Å². The topological polar surface area (TPSA) is 73.5 Å². The van der Waals surface area contributed by atoms with Crippen molar-refractivity contribution in [3.63, 3.8) is 0 Å². The van der Waals surface area contributed by atoms with Gasteiger partial charge in [0.2, 0.25) is 0 Å². The predicted molar refractivity (Wildman–Crippen MR) is 167 cm³/mol. The minimum atomic E-state index is -0.690. The molecule has 4 saturated carbocycles. The van der Waals surface area contributed by atoms with Gasteiger partial charge < -0.3 is 14.9 Å². The van der Waals surface area contributed by atoms with Crippen molar-refractivity contribution >= 4 is 0 Å². The van der Waals surface area contributed by atoms with Crippen molar-refractivity contribution in [1.82, 2.24) is 0 Å². The van der Waals surface area contributed by atoms with E-state index in [2.05, 4.69) is 65.8 Å². The number of aliphatic hydroxyl groups is 2. The number of benzene rings is 1. The summed E-state index contributed by atoms with van der Waals surface area (Å²) >= 11 is 0. The summed E-state index contributed by atoms with van der Waals surface area (Å²) in [5.74, 6) is 2.49. The molecule has 0 bridgehead atoms. The van der Waals surface area contributed by atoms with Crippen LogP contribution in [-0.2, 0) is 11.3 Å². The van der Waals surface area contributed by atoms with Crippen LogP contribution < -0.4 is 0 Å². The van der Waals surface area contributed by atoms with E-state index in [1.54, 1.807) is 5.57 Å². The number of nitriles is 1. The van der Waals surface area contributed by atoms with Gasteiger partial charge in [0.1, 0.15) is 0 Å². The van der Waals surface area contributed by atoms with Crippen molar-refractivity contribution in [2.24, 2.45) is 56.7 Å². The van der Waals surface area contributed by atoms with Crippen molar-refractivity contribution in [1.29, 1.82) is 5.26 Å². The van der Waals surface area contributed by atoms with Crippen molar-refractivity contribution in [2.75, 3.05) is 6.61 Å². The first-order chi connectivity index (χ1) is 19.9. The lowest BCUT2D eigenvalue weighted by molar-refractivity contribution is -0.253. The Kier molecular flexibility index (Phi) is 7.56. The number of ether oxygens (including phenoxy) is 1. The molecule has 2 N–H and O–H groups in total. The Balaban J connectivity index is 1.39. The van der Waals surface area contributed by atoms with Crippen LogP contribution in [0.2, 0.25) is 0 Å². The maximum absolute atomic E-state index is 11.8. The average Bonchev–Trinajstić information content (AvgIpc) is 2.97. The van der Waals surface area contributed by atoms with Crippen LogP contribution in [0.1, 0.15) is 105 Å². The fourth-order valence-electron chi connectivity index (χ4n) is 12.1. The van der Waals surface area contributed by atoms with E-state index in [0.717, 1.165) is 37.7 Å². The molecule has 0 amide bonds. The minimum absolute atomic E-state index is 0.0183. The van der Waals surface area contributed by atoms with Gasteiger partial charge >= 0.3 is 0 Å². The lowest BCUT2D eigenvalue weighted by Gasteiger charge is -2.72. The molecule has 4 heteroatoms. The highest BCUT2D eigenvalue weighted by atomic mass is 16.5. The summed E-state index contributed by atoms with van der Waals surface area (Å²) in [5.41, 5.74) is 2.52. The van der Waals surface area contributed by atoms with E-state index in [1.165, 1.54) is 19.3 Å². The van der Waals surface area contributed by atoms with Crippen LogP contribution in [0.3, 0.4) is 0 Å². The summed E-state index contributed by atoms with van der Waals surface area (Å²) in [6.07, 6.45) is 11.2. The first-order valence-corrected chi connectivity index (χ1v) is 16.9. The summed E-state index contributed by atoms with van der Waals surface area (Å²) in [6.45, 7) is 15.2. The summed E-state index contributed by atoms with van der Waals surface area (Å²) in [6, 6.07) is 12.9. The Hall–Kier alpha value is -1.67. The summed E-state index contributed by atoms with van der Waals surface area (Å²) in [7, 11) is 0. The van der Waals surface area contributed by atoms with Gasteiger partial charge in [-0.05, 0) is 108 Å². The van der Waals surface area contributed by atoms with Crippen LogP contribution in [-0.4, -0.2) is 29.0 Å². The fourth-order valence-corrected chi connectivity index (χ4v) is 12.1. The third-order valence-electron chi connectivity index (χ3n) is 15.0. The van der Waals surface area contributed by atoms with Gasteiger partial charge in [-0.25, -0.2) is 0 Å². The second-order valence-corrected chi connectivity index (χ2v) is 16.5. The number of nitrogens with zero attached hydrogens (tertiary/aromatic N) is 1. The van der Waals surface area contributed by atoms with Crippen LogP contribution >= 0.6 is 0 Å². The van der Waals surface area contributed by atoms with Gasteiger partial charge in [-0.2, -0.15) is 5.26 Å². The molecule has 5 aliphatic carbocycles. The van der Waals surface area contributed by atoms with E-state index >= 15 is 0 Å². The van der Waals surface area contributed by atoms with E-state index in [9.17, 15) is 15.5 Å². The van der Waals surface area contributed by atoms with E-state index in [4.69, 9.17) is 4.74 Å². The number of fused-ring (bicyclic) bond motifs is 7. The quantitative estimate of drug-likeness (QED) is 0.349. The Morgan fingerprint density at radius 2 is 1.71 bits per heavy atom. The monoisotopic (exact) mass is 573 g/mol. The van der Waals surface area contributed by atoms with Gasteiger partial charge in [-0.3, -0.25) is 0 Å². The molecule has 0 aliphatic heterocycles. The van der Waals surface area contributed by atoms with E-state index in [0.29, 0.717) is 36.7 Å². The largest absolute Gasteiger partial charge is 0.396 e. The molecular formula is C38H55NO3. The van der Waals surface area contributed by atoms with Crippen LogP contribution in [0.4, 0.5) is 0 Å². The predicted octanol–water partition coefficient (Wildman–Crippen LogP) is 8.09. The normalized spacial score (nSPS) is 49.9. The number of hydrogen-bond acceptors (Lipinski definition) is 4. The highest BCUT2D eigenvalue weighted by molar-refractivity contribution is 5.34. The summed E-state index contributed by atoms with van der Waals surface area (Å²) in [5, 5.41) is 32.6. The van der Waals surface area contributed by atoms with E-state index in [1.807, 2.05) is 18.2 Å². The molecule has 0 spiro atoms. The van der Waals surface area contributed by atoms with Gasteiger partial charge in [-0.15, -0.1) is 0 Å². The van der Waals surface area contributed by atoms with Gasteiger partial charge in [-0.1, -0.05) is 83.5 Å². The molecule has 42 heavy (non-hydrogen) atoms. The molecule has 4 nitrogen and oxygen atoms in total. The first kappa shape index (κ1) is 30.4. The Labute approximate surface area is 254 Å². The van der Waals surface area contributed by atoms with Crippen LogP contribution in [0, 0.1) is 68.0 Å². The maximum atomic E-state index is 11.8. The Bertz CT molecular complexity index is 1240. The lowest BCUT2D eigenvalue weighted by Crippen LogP contribution is -2.68. The molecule has 0 unspecified atom stereocenters. The highest BCUT2D eigenvalue weighted by Gasteiger charge is 2.70. The number of aliphatic hydroxyl groups excluding tert-OH is 2. The van der Waals surface area contributed by atoms with Crippen molar-refractivity contribution in [2.45, 2.75) is 118 Å². The van der Waals surface area contributed by atoms with Gasteiger partial charge in [0.15, 0.2) is 0 Å². The summed E-state index contributed by atoms with van der Waals surface area (Å²) < 4.78 is 6.57. The molecule has 1 aromatic carbocycles. The average molecular weight is 574 g/mol. The van der Waals surface area contributed by atoms with Crippen LogP contribution in [0.25, 0.3) is 0 Å². The van der Waals surface area contributed by atoms with Gasteiger partial charge in [0, 0.05) is 11.8 Å². The second kappa shape index (κ2) is 10.5. The van der Waals surface area contributed by atoms with E-state index in [-0.39, 0.29) is 40.3 Å². The molecule has 12 atom stereocenters. The molecule has 1 aromatic rings. The molecule has 6 rings (SSSR count). The van der Waals surface area contributed by atoms with E-state index < -0.39 is 11.5 Å². The fraction of sp³-hybridized carbons (Fsp3) is 0.763. The zero-order valence-electron chi connectivity index (χ0n) is 27.0. The molecule has 4 fully saturated rings. The Morgan fingerprint density at radius 1 is 0.976 bits per heavy atom. The third-order valence-corrected chi connectivity index (χ3v) is 15.0. The number of hydrogen-bond donors (Lipinski definition) is 2. The first-order valence-electron chi connectivity index (χ1n) is 16.9. The Morgan fingerprint density at radius 3 is 2.40 bits per heavy atom. The molecular weight excluding hydrogens is 518 g/mol. The smallest absolute Gasteiger partial charge is 0.0880 e. The SMILES string of the molecule is C[C@H]1[C@H](C)CC[C@]2(CC#N)CC[C@]3(C)C(=CC[C@@H]4[C@@]5(C)C[C@@H](OCc6ccccc6)[C@H](O)[C@@](C)(CO)[C@@H]5CC[C@]43C)[C@H]12. The van der Waals surface area contributed by atoms with Crippen molar-refractivity contribution in [3.8, 4) is 6.07 Å². The van der Waals surface area contributed by atoms with Crippen molar-refractivity contribution < 1.29 is 14.9 Å². The molecule has 0 aromatic heterocycles. The molecule has 5 aliphatic rings. The third kappa shape index (κ3) is 4.09. The maximum Gasteiger partial charge on any atom is 0.0880 e. The van der Waals surface area contributed by atoms with Crippen molar-refractivity contribution in [3.05, 3.63) is 47.5 Å². The van der Waals surface area contributed by atoms with Crippen LogP contribution in [0.15, 0.2) is 42.0 Å². The number of allylic oxidation sites excluding steroid dienone is 2. The second-order valence-electron chi connectivity index (χ2n) is 16.5. The molecule has 0 radical (unpaired) electrons. The zero-order chi connectivity index (χ0) is 30.1. The summed E-state index contributed by atoms with van der Waals surface area (Å²) in [4.78, 5) is 0. The zero-order valence-corrected chi connectivity index (χ0v) is 27.0. The van der Waals surface area contributed by atoms with Gasteiger partial charge in [0.25, 0.3) is 0 Å². The molecule has 0 saturated heterocycles.